The molecule has 2 fully saturated rings. The van der Waals surface area contributed by atoms with Crippen molar-refractivity contribution in [1.29, 1.82) is 0 Å². The molecule has 0 bridgehead atoms. The fourth-order valence-electron chi connectivity index (χ4n) is 3.42. The number of pyridine rings is 1. The molecular weight excluding hydrogens is 260 g/mol. The van der Waals surface area contributed by atoms with Crippen LogP contribution in [0.5, 0.6) is 0 Å². The highest BCUT2D eigenvalue weighted by molar-refractivity contribution is 5.52. The number of piperazine rings is 1. The summed E-state index contributed by atoms with van der Waals surface area (Å²) in [6.07, 6.45) is 6.68. The van der Waals surface area contributed by atoms with Crippen LogP contribution in [0.25, 0.3) is 0 Å². The predicted molar refractivity (Wildman–Crippen MR) is 87.6 cm³/mol. The van der Waals surface area contributed by atoms with Crippen LogP contribution < -0.4 is 10.2 Å². The van der Waals surface area contributed by atoms with E-state index in [4.69, 9.17) is 0 Å². The summed E-state index contributed by atoms with van der Waals surface area (Å²) in [6.45, 7) is 12.3. The molecule has 21 heavy (non-hydrogen) atoms. The van der Waals surface area contributed by atoms with Gasteiger partial charge in [0, 0.05) is 44.0 Å². The molecule has 3 heterocycles. The van der Waals surface area contributed by atoms with Crippen LogP contribution in [0.3, 0.4) is 0 Å². The summed E-state index contributed by atoms with van der Waals surface area (Å²) in [7, 11) is 0. The largest absolute Gasteiger partial charge is 0.367 e. The number of anilines is 1. The van der Waals surface area contributed by atoms with Crippen molar-refractivity contribution >= 4 is 5.69 Å². The highest BCUT2D eigenvalue weighted by atomic mass is 15.3. The van der Waals surface area contributed by atoms with Crippen LogP contribution in [0.4, 0.5) is 5.69 Å². The van der Waals surface area contributed by atoms with Gasteiger partial charge in [-0.05, 0) is 51.8 Å². The van der Waals surface area contributed by atoms with E-state index in [2.05, 4.69) is 46.9 Å². The van der Waals surface area contributed by atoms with Gasteiger partial charge in [-0.15, -0.1) is 0 Å². The Kier molecular flexibility index (Phi) is 4.18. The van der Waals surface area contributed by atoms with Crippen LogP contribution in [0.2, 0.25) is 0 Å². The highest BCUT2D eigenvalue weighted by Crippen LogP contribution is 2.27. The van der Waals surface area contributed by atoms with E-state index in [-0.39, 0.29) is 5.54 Å². The molecule has 0 saturated carbocycles. The number of aromatic nitrogens is 1. The average molecular weight is 288 g/mol. The average Bonchev–Trinajstić information content (AvgIpc) is 2.92. The maximum Gasteiger partial charge on any atom is 0.0599 e. The Bertz CT molecular complexity index is 480. The van der Waals surface area contributed by atoms with E-state index in [0.29, 0.717) is 0 Å². The van der Waals surface area contributed by atoms with E-state index in [1.165, 1.54) is 37.2 Å². The van der Waals surface area contributed by atoms with Crippen molar-refractivity contribution in [3.8, 4) is 0 Å². The van der Waals surface area contributed by atoms with Crippen LogP contribution in [-0.2, 0) is 6.54 Å². The van der Waals surface area contributed by atoms with E-state index in [1.54, 1.807) is 0 Å². The quantitative estimate of drug-likeness (QED) is 0.924. The Morgan fingerprint density at radius 2 is 2.14 bits per heavy atom. The minimum atomic E-state index is 0.144. The Hall–Kier alpha value is -1.13. The summed E-state index contributed by atoms with van der Waals surface area (Å²) >= 11 is 0. The van der Waals surface area contributed by atoms with Crippen molar-refractivity contribution in [2.45, 2.75) is 51.7 Å². The molecule has 116 valence electrons. The molecule has 1 aromatic rings. The van der Waals surface area contributed by atoms with Gasteiger partial charge in [-0.2, -0.15) is 0 Å². The Morgan fingerprint density at radius 3 is 2.95 bits per heavy atom. The lowest BCUT2D eigenvalue weighted by atomic mass is 10.1. The second-order valence-electron chi connectivity index (χ2n) is 7.39. The van der Waals surface area contributed by atoms with Crippen LogP contribution in [0.15, 0.2) is 18.5 Å². The van der Waals surface area contributed by atoms with E-state index in [9.17, 15) is 0 Å². The maximum absolute atomic E-state index is 4.37. The number of hydrogen-bond donors (Lipinski definition) is 1. The summed E-state index contributed by atoms with van der Waals surface area (Å²) in [5, 5.41) is 3.60. The Morgan fingerprint density at radius 1 is 1.29 bits per heavy atom. The minimum absolute atomic E-state index is 0.144. The number of nitrogens with zero attached hydrogens (tertiary/aromatic N) is 3. The second-order valence-corrected chi connectivity index (χ2v) is 7.39. The third-order valence-electron chi connectivity index (χ3n) is 4.62. The summed E-state index contributed by atoms with van der Waals surface area (Å²) in [5.74, 6) is 0. The van der Waals surface area contributed by atoms with Gasteiger partial charge < -0.3 is 10.2 Å². The van der Waals surface area contributed by atoms with Gasteiger partial charge in [-0.3, -0.25) is 9.88 Å². The third-order valence-corrected chi connectivity index (χ3v) is 4.62. The maximum atomic E-state index is 4.37. The van der Waals surface area contributed by atoms with Crippen LogP contribution >= 0.6 is 0 Å². The first-order valence-corrected chi connectivity index (χ1v) is 8.20. The van der Waals surface area contributed by atoms with Gasteiger partial charge >= 0.3 is 0 Å². The van der Waals surface area contributed by atoms with Crippen LogP contribution in [0, 0.1) is 0 Å². The molecule has 2 saturated heterocycles. The van der Waals surface area contributed by atoms with E-state index in [1.807, 2.05) is 12.4 Å². The SMILES string of the molecule is CC(C)(C)NCc1ccncc1N1CCN2CCCC2C1. The Balaban J connectivity index is 1.72. The standard InChI is InChI=1S/C17H28N4/c1-17(2,3)19-11-14-6-7-18-12-16(14)21-10-9-20-8-4-5-15(20)13-21/h6-7,12,15,19H,4-5,8-11,13H2,1-3H3. The van der Waals surface area contributed by atoms with E-state index in [0.717, 1.165) is 25.7 Å². The van der Waals surface area contributed by atoms with Crippen molar-refractivity contribution in [2.24, 2.45) is 0 Å². The fraction of sp³-hybridized carbons (Fsp3) is 0.706. The number of fused-ring (bicyclic) bond motifs is 1. The molecule has 3 rings (SSSR count). The summed E-state index contributed by atoms with van der Waals surface area (Å²) in [6, 6.07) is 2.91. The van der Waals surface area contributed by atoms with Gasteiger partial charge in [-0.25, -0.2) is 0 Å². The Labute approximate surface area is 128 Å². The van der Waals surface area contributed by atoms with Crippen LogP contribution in [0.1, 0.15) is 39.2 Å². The first-order valence-electron chi connectivity index (χ1n) is 8.20. The number of hydrogen-bond acceptors (Lipinski definition) is 4. The molecule has 0 aromatic carbocycles. The molecule has 1 N–H and O–H groups in total. The van der Waals surface area contributed by atoms with Gasteiger partial charge in [0.25, 0.3) is 0 Å². The molecule has 0 amide bonds. The molecule has 4 nitrogen and oxygen atoms in total. The van der Waals surface area contributed by atoms with Crippen molar-refractivity contribution in [1.82, 2.24) is 15.2 Å². The van der Waals surface area contributed by atoms with Gasteiger partial charge in [0.2, 0.25) is 0 Å². The second kappa shape index (κ2) is 5.93. The molecule has 0 aliphatic carbocycles. The first kappa shape index (κ1) is 14.8. The van der Waals surface area contributed by atoms with Crippen molar-refractivity contribution in [3.05, 3.63) is 24.0 Å². The van der Waals surface area contributed by atoms with Gasteiger partial charge in [-0.1, -0.05) is 0 Å². The number of nitrogens with one attached hydrogen (secondary N) is 1. The molecule has 1 atom stereocenters. The summed E-state index contributed by atoms with van der Waals surface area (Å²) < 4.78 is 0. The molecular formula is C17H28N4. The van der Waals surface area contributed by atoms with Crippen LogP contribution in [-0.4, -0.2) is 47.6 Å². The normalized spacial score (nSPS) is 23.4. The molecule has 0 radical (unpaired) electrons. The fourth-order valence-corrected chi connectivity index (χ4v) is 3.42. The van der Waals surface area contributed by atoms with E-state index >= 15 is 0 Å². The lowest BCUT2D eigenvalue weighted by molar-refractivity contribution is 0.230. The minimum Gasteiger partial charge on any atom is -0.367 e. The monoisotopic (exact) mass is 288 g/mol. The topological polar surface area (TPSA) is 31.4 Å². The van der Waals surface area contributed by atoms with Gasteiger partial charge in [0.05, 0.1) is 11.9 Å². The smallest absolute Gasteiger partial charge is 0.0599 e. The lowest BCUT2D eigenvalue weighted by Crippen LogP contribution is -2.50. The zero-order valence-electron chi connectivity index (χ0n) is 13.6. The van der Waals surface area contributed by atoms with E-state index < -0.39 is 0 Å². The molecule has 1 aromatic heterocycles. The molecule has 2 aliphatic heterocycles. The van der Waals surface area contributed by atoms with Crippen molar-refractivity contribution in [3.63, 3.8) is 0 Å². The zero-order chi connectivity index (χ0) is 14.9. The van der Waals surface area contributed by atoms with Crippen molar-refractivity contribution < 1.29 is 0 Å². The highest BCUT2D eigenvalue weighted by Gasteiger charge is 2.31. The molecule has 4 heteroatoms. The molecule has 1 unspecified atom stereocenters. The van der Waals surface area contributed by atoms with Gasteiger partial charge in [0.1, 0.15) is 0 Å². The number of rotatable bonds is 3. The zero-order valence-corrected chi connectivity index (χ0v) is 13.6. The first-order chi connectivity index (χ1) is 10.0. The third kappa shape index (κ3) is 3.55. The van der Waals surface area contributed by atoms with Crippen molar-refractivity contribution in [2.75, 3.05) is 31.1 Å². The predicted octanol–water partition coefficient (Wildman–Crippen LogP) is 2.25. The van der Waals surface area contributed by atoms with Gasteiger partial charge in [0.15, 0.2) is 0 Å². The summed E-state index contributed by atoms with van der Waals surface area (Å²) in [4.78, 5) is 9.56. The lowest BCUT2D eigenvalue weighted by Gasteiger charge is -2.39. The molecule has 0 spiro atoms. The summed E-state index contributed by atoms with van der Waals surface area (Å²) in [5.41, 5.74) is 2.83. The molecule has 2 aliphatic rings.